The van der Waals surface area contributed by atoms with Crippen molar-refractivity contribution in [3.63, 3.8) is 0 Å². The van der Waals surface area contributed by atoms with Crippen LogP contribution in [0.4, 0.5) is 5.69 Å². The first-order chi connectivity index (χ1) is 7.60. The first-order valence-electron chi connectivity index (χ1n) is 4.69. The molecule has 0 aliphatic heterocycles. The zero-order chi connectivity index (χ0) is 12.1. The number of carbonyl (C=O) groups is 1. The van der Waals surface area contributed by atoms with Crippen LogP contribution in [0.25, 0.3) is 0 Å². The van der Waals surface area contributed by atoms with Crippen molar-refractivity contribution in [1.29, 1.82) is 5.41 Å². The molecular weight excluding hydrogens is 274 g/mol. The number of halogens is 1. The predicted octanol–water partition coefficient (Wildman–Crippen LogP) is 1.82. The molecule has 6 heteroatoms. The summed E-state index contributed by atoms with van der Waals surface area (Å²) in [6.45, 7) is 1.94. The van der Waals surface area contributed by atoms with E-state index in [9.17, 15) is 4.79 Å². The van der Waals surface area contributed by atoms with Gasteiger partial charge in [0.25, 0.3) is 0 Å². The molecular formula is C10H12BrN3O2. The van der Waals surface area contributed by atoms with E-state index in [0.717, 1.165) is 4.47 Å². The Hall–Kier alpha value is -1.43. The molecule has 16 heavy (non-hydrogen) atoms. The summed E-state index contributed by atoms with van der Waals surface area (Å²) in [5.41, 5.74) is 0.635. The molecule has 0 amide bonds. The van der Waals surface area contributed by atoms with E-state index < -0.39 is 5.97 Å². The van der Waals surface area contributed by atoms with Gasteiger partial charge in [-0.05, 0) is 28.9 Å². The molecule has 0 aliphatic rings. The van der Waals surface area contributed by atoms with Crippen molar-refractivity contribution >= 4 is 33.3 Å². The molecule has 0 radical (unpaired) electrons. The van der Waals surface area contributed by atoms with Gasteiger partial charge >= 0.3 is 5.97 Å². The number of carbonyl (C=O) groups excluding carboxylic acids is 1. The molecule has 0 spiro atoms. The van der Waals surface area contributed by atoms with Crippen molar-refractivity contribution in [2.24, 2.45) is 0 Å². The third kappa shape index (κ3) is 2.79. The molecule has 86 valence electrons. The van der Waals surface area contributed by atoms with Gasteiger partial charge in [-0.15, -0.1) is 0 Å². The maximum atomic E-state index is 11.4. The highest BCUT2D eigenvalue weighted by molar-refractivity contribution is 9.10. The second-order valence-electron chi connectivity index (χ2n) is 2.90. The number of hydrogen-bond acceptors (Lipinski definition) is 5. The molecule has 0 aliphatic carbocycles. The van der Waals surface area contributed by atoms with Gasteiger partial charge in [0.1, 0.15) is 5.69 Å². The largest absolute Gasteiger partial charge is 0.461 e. The van der Waals surface area contributed by atoms with Gasteiger partial charge in [0, 0.05) is 17.7 Å². The summed E-state index contributed by atoms with van der Waals surface area (Å²) in [4.78, 5) is 15.4. The summed E-state index contributed by atoms with van der Waals surface area (Å²) in [6, 6.07) is 1.75. The lowest BCUT2D eigenvalue weighted by Gasteiger charge is -2.08. The minimum absolute atomic E-state index is 0.243. The Kier molecular flexibility index (Phi) is 4.42. The first kappa shape index (κ1) is 12.6. The van der Waals surface area contributed by atoms with Crippen molar-refractivity contribution in [3.05, 3.63) is 22.4 Å². The molecule has 1 aromatic rings. The van der Waals surface area contributed by atoms with Gasteiger partial charge in [0.15, 0.2) is 5.71 Å². The number of pyridine rings is 1. The zero-order valence-electron chi connectivity index (χ0n) is 9.00. The molecule has 0 fully saturated rings. The maximum Gasteiger partial charge on any atom is 0.358 e. The monoisotopic (exact) mass is 285 g/mol. The number of hydrogen-bond donors (Lipinski definition) is 2. The van der Waals surface area contributed by atoms with E-state index >= 15 is 0 Å². The maximum absolute atomic E-state index is 11.4. The summed E-state index contributed by atoms with van der Waals surface area (Å²) in [5.74, 6) is -0.672. The average Bonchev–Trinajstić information content (AvgIpc) is 2.28. The Balaban J connectivity index is 3.03. The van der Waals surface area contributed by atoms with E-state index in [1.807, 2.05) is 0 Å². The van der Waals surface area contributed by atoms with Crippen LogP contribution in [0.1, 0.15) is 12.6 Å². The van der Waals surface area contributed by atoms with E-state index in [2.05, 4.69) is 26.2 Å². The van der Waals surface area contributed by atoms with Gasteiger partial charge in [0.2, 0.25) is 0 Å². The lowest BCUT2D eigenvalue weighted by molar-refractivity contribution is -0.135. The van der Waals surface area contributed by atoms with E-state index in [1.165, 1.54) is 6.20 Å². The Morgan fingerprint density at radius 2 is 2.38 bits per heavy atom. The molecule has 0 unspecified atom stereocenters. The van der Waals surface area contributed by atoms with Crippen LogP contribution >= 0.6 is 15.9 Å². The fraction of sp³-hybridized carbons (Fsp3) is 0.300. The second-order valence-corrected chi connectivity index (χ2v) is 3.81. The Morgan fingerprint density at radius 3 is 2.94 bits per heavy atom. The van der Waals surface area contributed by atoms with E-state index in [1.54, 1.807) is 20.0 Å². The minimum Gasteiger partial charge on any atom is -0.461 e. The van der Waals surface area contributed by atoms with Gasteiger partial charge in [-0.1, -0.05) is 0 Å². The Morgan fingerprint density at radius 1 is 1.69 bits per heavy atom. The normalized spacial score (nSPS) is 9.69. The Labute approximate surface area is 102 Å². The third-order valence-corrected chi connectivity index (χ3v) is 2.27. The summed E-state index contributed by atoms with van der Waals surface area (Å²) < 4.78 is 5.52. The molecule has 1 aromatic heterocycles. The quantitative estimate of drug-likeness (QED) is 0.654. The highest BCUT2D eigenvalue weighted by atomic mass is 79.9. The second kappa shape index (κ2) is 5.60. The first-order valence-corrected chi connectivity index (χ1v) is 5.48. The summed E-state index contributed by atoms with van der Waals surface area (Å²) in [5, 5.41) is 10.5. The molecule has 1 heterocycles. The van der Waals surface area contributed by atoms with Crippen LogP contribution in [0.15, 0.2) is 16.7 Å². The zero-order valence-corrected chi connectivity index (χ0v) is 10.6. The van der Waals surface area contributed by atoms with Crippen LogP contribution in [0.5, 0.6) is 0 Å². The number of anilines is 1. The van der Waals surface area contributed by atoms with Crippen molar-refractivity contribution < 1.29 is 9.53 Å². The van der Waals surface area contributed by atoms with Gasteiger partial charge in [-0.25, -0.2) is 4.79 Å². The van der Waals surface area contributed by atoms with E-state index in [-0.39, 0.29) is 18.0 Å². The molecule has 5 nitrogen and oxygen atoms in total. The minimum atomic E-state index is -0.672. The van der Waals surface area contributed by atoms with Gasteiger partial charge in [0.05, 0.1) is 12.3 Å². The lowest BCUT2D eigenvalue weighted by Crippen LogP contribution is -2.20. The predicted molar refractivity (Wildman–Crippen MR) is 64.9 cm³/mol. The van der Waals surface area contributed by atoms with Crippen LogP contribution in [0, 0.1) is 5.41 Å². The van der Waals surface area contributed by atoms with Gasteiger partial charge in [-0.2, -0.15) is 0 Å². The van der Waals surface area contributed by atoms with Crippen LogP contribution < -0.4 is 5.32 Å². The summed E-state index contributed by atoms with van der Waals surface area (Å²) in [7, 11) is 1.70. The molecule has 0 bridgehead atoms. The van der Waals surface area contributed by atoms with E-state index in [0.29, 0.717) is 5.69 Å². The molecule has 0 atom stereocenters. The van der Waals surface area contributed by atoms with Gasteiger partial charge in [-0.3, -0.25) is 10.4 Å². The van der Waals surface area contributed by atoms with Crippen LogP contribution in [0.3, 0.4) is 0 Å². The van der Waals surface area contributed by atoms with Crippen molar-refractivity contribution in [3.8, 4) is 0 Å². The summed E-state index contributed by atoms with van der Waals surface area (Å²) in [6.07, 6.45) is 1.53. The molecule has 0 saturated heterocycles. The average molecular weight is 286 g/mol. The third-order valence-electron chi connectivity index (χ3n) is 1.84. The lowest BCUT2D eigenvalue weighted by atomic mass is 10.2. The van der Waals surface area contributed by atoms with Gasteiger partial charge < -0.3 is 10.1 Å². The fourth-order valence-electron chi connectivity index (χ4n) is 1.13. The SMILES string of the molecule is CCOC(=O)C(=N)c1ncc(Br)cc1NC. The van der Waals surface area contributed by atoms with Crippen LogP contribution in [-0.4, -0.2) is 30.3 Å². The number of nitrogens with one attached hydrogen (secondary N) is 2. The fourth-order valence-corrected chi connectivity index (χ4v) is 1.46. The smallest absolute Gasteiger partial charge is 0.358 e. The van der Waals surface area contributed by atoms with Crippen LogP contribution in [-0.2, 0) is 9.53 Å². The van der Waals surface area contributed by atoms with Crippen molar-refractivity contribution in [2.75, 3.05) is 19.0 Å². The van der Waals surface area contributed by atoms with Crippen molar-refractivity contribution in [2.45, 2.75) is 6.92 Å². The number of rotatable bonds is 4. The number of esters is 1. The molecule has 0 saturated carbocycles. The highest BCUT2D eigenvalue weighted by Crippen LogP contribution is 2.19. The number of aromatic nitrogens is 1. The standard InChI is InChI=1S/C10H12BrN3O2/c1-3-16-10(15)8(12)9-7(13-2)4-6(11)5-14-9/h4-5,12-13H,3H2,1-2H3. The van der Waals surface area contributed by atoms with Crippen molar-refractivity contribution in [1.82, 2.24) is 4.98 Å². The molecule has 0 aromatic carbocycles. The number of ether oxygens (including phenoxy) is 1. The highest BCUT2D eigenvalue weighted by Gasteiger charge is 2.17. The molecule has 2 N–H and O–H groups in total. The summed E-state index contributed by atoms with van der Waals surface area (Å²) >= 11 is 3.26. The Bertz CT molecular complexity index is 421. The molecule has 1 rings (SSSR count). The topological polar surface area (TPSA) is 75.1 Å². The van der Waals surface area contributed by atoms with E-state index in [4.69, 9.17) is 10.1 Å². The number of nitrogens with zero attached hydrogens (tertiary/aromatic N) is 1. The van der Waals surface area contributed by atoms with Crippen LogP contribution in [0.2, 0.25) is 0 Å².